The van der Waals surface area contributed by atoms with Gasteiger partial charge in [0.25, 0.3) is 0 Å². The van der Waals surface area contributed by atoms with E-state index in [9.17, 15) is 14.0 Å². The molecule has 1 N–H and O–H groups in total. The average molecular weight is 446 g/mol. The van der Waals surface area contributed by atoms with E-state index in [0.29, 0.717) is 42.4 Å². The Hall–Kier alpha value is -2.45. The third kappa shape index (κ3) is 4.91. The first-order valence-corrected chi connectivity index (χ1v) is 11.6. The summed E-state index contributed by atoms with van der Waals surface area (Å²) in [5.74, 6) is -0.740. The maximum Gasteiger partial charge on any atom is 0.341 e. The van der Waals surface area contributed by atoms with Crippen LogP contribution >= 0.6 is 11.3 Å². The Morgan fingerprint density at radius 2 is 1.84 bits per heavy atom. The summed E-state index contributed by atoms with van der Waals surface area (Å²) in [5.41, 5.74) is 2.18. The number of esters is 1. The summed E-state index contributed by atoms with van der Waals surface area (Å²) in [5, 5.41) is 3.57. The number of hydrogen-bond donors (Lipinski definition) is 1. The molecular weight excluding hydrogens is 417 g/mol. The zero-order chi connectivity index (χ0) is 21.8. The summed E-state index contributed by atoms with van der Waals surface area (Å²) in [7, 11) is 1.38. The van der Waals surface area contributed by atoms with Gasteiger partial charge in [-0.2, -0.15) is 0 Å². The molecule has 1 saturated heterocycles. The number of amides is 1. The molecule has 6 nitrogen and oxygen atoms in total. The summed E-state index contributed by atoms with van der Waals surface area (Å²) in [6.07, 6.45) is 5.10. The number of fused-ring (bicyclic) bond motifs is 1. The van der Waals surface area contributed by atoms with Crippen LogP contribution in [0.1, 0.15) is 40.1 Å². The molecule has 8 heteroatoms. The van der Waals surface area contributed by atoms with Gasteiger partial charge in [0.2, 0.25) is 5.91 Å². The van der Waals surface area contributed by atoms with Crippen LogP contribution in [0.15, 0.2) is 24.3 Å². The smallest absolute Gasteiger partial charge is 0.341 e. The van der Waals surface area contributed by atoms with Gasteiger partial charge < -0.3 is 15.0 Å². The Kier molecular flexibility index (Phi) is 6.87. The molecule has 0 bridgehead atoms. The molecule has 31 heavy (non-hydrogen) atoms. The second-order valence-corrected chi connectivity index (χ2v) is 9.13. The lowest BCUT2D eigenvalue weighted by Crippen LogP contribution is -2.48. The van der Waals surface area contributed by atoms with Crippen molar-refractivity contribution < 1.29 is 18.7 Å². The predicted octanol–water partition coefficient (Wildman–Crippen LogP) is 3.70. The molecule has 1 fully saturated rings. The second kappa shape index (κ2) is 9.78. The van der Waals surface area contributed by atoms with Gasteiger partial charge in [-0.1, -0.05) is 18.6 Å². The molecule has 0 unspecified atom stereocenters. The summed E-state index contributed by atoms with van der Waals surface area (Å²) in [4.78, 5) is 30.4. The van der Waals surface area contributed by atoms with Crippen LogP contribution in [0.5, 0.6) is 0 Å². The second-order valence-electron chi connectivity index (χ2n) is 8.02. The molecule has 2 aromatic rings. The van der Waals surface area contributed by atoms with E-state index in [4.69, 9.17) is 4.74 Å². The van der Waals surface area contributed by atoms with E-state index in [2.05, 4.69) is 10.2 Å². The molecule has 1 amide bonds. The van der Waals surface area contributed by atoms with Gasteiger partial charge in [-0.05, 0) is 43.4 Å². The molecule has 0 saturated carbocycles. The average Bonchev–Trinajstić information content (AvgIpc) is 2.94. The molecular formula is C23H28FN3O3S. The number of thiophene rings is 1. The summed E-state index contributed by atoms with van der Waals surface area (Å²) >= 11 is 1.51. The lowest BCUT2D eigenvalue weighted by molar-refractivity contribution is -0.117. The molecule has 4 rings (SSSR count). The first kappa shape index (κ1) is 21.8. The third-order valence-corrected chi connectivity index (χ3v) is 7.20. The van der Waals surface area contributed by atoms with E-state index in [1.165, 1.54) is 29.4 Å². The van der Waals surface area contributed by atoms with Gasteiger partial charge >= 0.3 is 5.97 Å². The van der Waals surface area contributed by atoms with Gasteiger partial charge in [0.05, 0.1) is 24.9 Å². The fourth-order valence-electron chi connectivity index (χ4n) is 4.37. The number of carbonyl (C=O) groups excluding carboxylic acids is 2. The number of aryl methyl sites for hydroxylation is 1. The molecule has 1 aromatic heterocycles. The zero-order valence-electron chi connectivity index (χ0n) is 17.8. The molecule has 0 atom stereocenters. The SMILES string of the molecule is COC(=O)c1c(NC(=O)CN2CCN(c3ccccc3F)CC2)sc2c1CCCCC2. The van der Waals surface area contributed by atoms with Crippen LogP contribution in [0.2, 0.25) is 0 Å². The lowest BCUT2D eigenvalue weighted by Gasteiger charge is -2.35. The molecule has 1 aromatic carbocycles. The van der Waals surface area contributed by atoms with Crippen molar-refractivity contribution in [1.29, 1.82) is 0 Å². The third-order valence-electron chi connectivity index (χ3n) is 6.00. The number of carbonyl (C=O) groups is 2. The van der Waals surface area contributed by atoms with Gasteiger partial charge in [0, 0.05) is 31.1 Å². The van der Waals surface area contributed by atoms with Crippen molar-refractivity contribution in [2.45, 2.75) is 32.1 Å². The minimum atomic E-state index is -0.381. The van der Waals surface area contributed by atoms with Crippen LogP contribution in [0, 0.1) is 5.82 Å². The maximum absolute atomic E-state index is 14.0. The van der Waals surface area contributed by atoms with Gasteiger partial charge in [-0.15, -0.1) is 11.3 Å². The molecule has 1 aliphatic carbocycles. The van der Waals surface area contributed by atoms with Crippen molar-refractivity contribution >= 4 is 33.9 Å². The molecule has 166 valence electrons. The summed E-state index contributed by atoms with van der Waals surface area (Å²) in [6, 6.07) is 6.77. The standard InChI is InChI=1S/C23H28FN3O3S/c1-30-23(29)21-16-7-3-2-4-10-19(16)31-22(21)25-20(28)15-26-11-13-27(14-12-26)18-9-6-5-8-17(18)24/h5-6,8-9H,2-4,7,10-15H2,1H3,(H,25,28). The van der Waals surface area contributed by atoms with E-state index in [1.807, 2.05) is 11.0 Å². The van der Waals surface area contributed by atoms with E-state index in [0.717, 1.165) is 37.7 Å². The normalized spacial score (nSPS) is 17.0. The van der Waals surface area contributed by atoms with Crippen LogP contribution in [0.25, 0.3) is 0 Å². The molecule has 1 aliphatic heterocycles. The number of halogens is 1. The highest BCUT2D eigenvalue weighted by Gasteiger charge is 2.27. The van der Waals surface area contributed by atoms with E-state index in [1.54, 1.807) is 12.1 Å². The van der Waals surface area contributed by atoms with Crippen LogP contribution in [-0.4, -0.2) is 56.6 Å². The van der Waals surface area contributed by atoms with Crippen molar-refractivity contribution in [2.24, 2.45) is 0 Å². The highest BCUT2D eigenvalue weighted by atomic mass is 32.1. The molecule has 2 aliphatic rings. The number of benzene rings is 1. The fourth-order valence-corrected chi connectivity index (χ4v) is 5.67. The Bertz CT molecular complexity index is 954. The van der Waals surface area contributed by atoms with Crippen molar-refractivity contribution in [1.82, 2.24) is 4.90 Å². The van der Waals surface area contributed by atoms with Crippen LogP contribution < -0.4 is 10.2 Å². The number of nitrogens with one attached hydrogen (secondary N) is 1. The van der Waals surface area contributed by atoms with Crippen LogP contribution in [0.3, 0.4) is 0 Å². The number of hydrogen-bond acceptors (Lipinski definition) is 6. The predicted molar refractivity (Wildman–Crippen MR) is 121 cm³/mol. The van der Waals surface area contributed by atoms with E-state index < -0.39 is 0 Å². The minimum absolute atomic E-state index is 0.138. The highest BCUT2D eigenvalue weighted by molar-refractivity contribution is 7.17. The van der Waals surface area contributed by atoms with Crippen molar-refractivity contribution in [3.63, 3.8) is 0 Å². The monoisotopic (exact) mass is 445 g/mol. The number of methoxy groups -OCH3 is 1. The van der Waals surface area contributed by atoms with Gasteiger partial charge in [-0.3, -0.25) is 9.69 Å². The fraction of sp³-hybridized carbons (Fsp3) is 0.478. The largest absolute Gasteiger partial charge is 0.465 e. The topological polar surface area (TPSA) is 61.9 Å². The first-order chi connectivity index (χ1) is 15.1. The Balaban J connectivity index is 1.38. The number of piperazine rings is 1. The minimum Gasteiger partial charge on any atom is -0.465 e. The number of anilines is 2. The molecule has 2 heterocycles. The Morgan fingerprint density at radius 3 is 2.58 bits per heavy atom. The van der Waals surface area contributed by atoms with Crippen molar-refractivity contribution in [3.8, 4) is 0 Å². The number of ether oxygens (including phenoxy) is 1. The Morgan fingerprint density at radius 1 is 1.10 bits per heavy atom. The van der Waals surface area contributed by atoms with Gasteiger partial charge in [-0.25, -0.2) is 9.18 Å². The highest BCUT2D eigenvalue weighted by Crippen LogP contribution is 2.38. The van der Waals surface area contributed by atoms with E-state index in [-0.39, 0.29) is 24.2 Å². The first-order valence-electron chi connectivity index (χ1n) is 10.8. The number of para-hydroxylation sites is 1. The lowest BCUT2D eigenvalue weighted by atomic mass is 10.1. The van der Waals surface area contributed by atoms with Gasteiger partial charge in [0.1, 0.15) is 10.8 Å². The number of nitrogens with zero attached hydrogens (tertiary/aromatic N) is 2. The van der Waals surface area contributed by atoms with Gasteiger partial charge in [0.15, 0.2) is 0 Å². The van der Waals surface area contributed by atoms with Crippen molar-refractivity contribution in [2.75, 3.05) is 50.1 Å². The Labute approximate surface area is 186 Å². The van der Waals surface area contributed by atoms with Crippen molar-refractivity contribution in [3.05, 3.63) is 46.1 Å². The quantitative estimate of drug-likeness (QED) is 0.562. The molecule has 0 spiro atoms. The van der Waals surface area contributed by atoms with Crippen LogP contribution in [-0.2, 0) is 22.4 Å². The summed E-state index contributed by atoms with van der Waals surface area (Å²) < 4.78 is 19.0. The summed E-state index contributed by atoms with van der Waals surface area (Å²) in [6.45, 7) is 2.91. The molecule has 0 radical (unpaired) electrons. The number of rotatable bonds is 5. The van der Waals surface area contributed by atoms with E-state index >= 15 is 0 Å². The maximum atomic E-state index is 14.0. The van der Waals surface area contributed by atoms with Crippen LogP contribution in [0.4, 0.5) is 15.1 Å². The zero-order valence-corrected chi connectivity index (χ0v) is 18.6.